The van der Waals surface area contributed by atoms with E-state index in [0.29, 0.717) is 0 Å². The van der Waals surface area contributed by atoms with Crippen LogP contribution < -0.4 is 9.21 Å². The van der Waals surface area contributed by atoms with E-state index in [1.807, 2.05) is 18.2 Å². The Balaban J connectivity index is 2.12. The normalized spacial score (nSPS) is 17.3. The smallest absolute Gasteiger partial charge is 0.231 e. The summed E-state index contributed by atoms with van der Waals surface area (Å²) in [6.45, 7) is 6.69. The summed E-state index contributed by atoms with van der Waals surface area (Å²) in [6.07, 6.45) is 3.65. The molecule has 1 aliphatic heterocycles. The van der Waals surface area contributed by atoms with Gasteiger partial charge in [0, 0.05) is 25.8 Å². The van der Waals surface area contributed by atoms with Gasteiger partial charge in [0.15, 0.2) is 0 Å². The largest absolute Gasteiger partial charge is 0.371 e. The molecule has 1 aromatic rings. The van der Waals surface area contributed by atoms with Crippen molar-refractivity contribution in [1.29, 1.82) is 0 Å². The Morgan fingerprint density at radius 1 is 1.24 bits per heavy atom. The van der Waals surface area contributed by atoms with Gasteiger partial charge in [-0.2, -0.15) is 0 Å². The first-order valence-electron chi connectivity index (χ1n) is 7.58. The van der Waals surface area contributed by atoms with Crippen LogP contribution in [0, 0.1) is 11.8 Å². The van der Waals surface area contributed by atoms with Crippen molar-refractivity contribution in [3.8, 4) is 0 Å². The molecular weight excluding hydrogens is 284 g/mol. The standard InChI is InChI=1S/C16H26N2O2S/c1-13(2)14-8-10-18(11-9-14)16-7-5-6-15(12-16)17(3)21(4,19)20/h5-7,12-14H,8-11H2,1-4H3. The predicted octanol–water partition coefficient (Wildman–Crippen LogP) is 2.95. The zero-order valence-corrected chi connectivity index (χ0v) is 14.2. The van der Waals surface area contributed by atoms with Gasteiger partial charge < -0.3 is 4.90 Å². The number of hydrogen-bond acceptors (Lipinski definition) is 3. The number of anilines is 2. The maximum Gasteiger partial charge on any atom is 0.231 e. The van der Waals surface area contributed by atoms with Crippen LogP contribution in [0.4, 0.5) is 11.4 Å². The van der Waals surface area contributed by atoms with Crippen molar-refractivity contribution in [1.82, 2.24) is 0 Å². The van der Waals surface area contributed by atoms with Gasteiger partial charge in [0.2, 0.25) is 10.0 Å². The van der Waals surface area contributed by atoms with Crippen molar-refractivity contribution in [3.05, 3.63) is 24.3 Å². The summed E-state index contributed by atoms with van der Waals surface area (Å²) < 4.78 is 24.6. The lowest BCUT2D eigenvalue weighted by atomic mass is 9.86. The maximum absolute atomic E-state index is 11.6. The third-order valence-electron chi connectivity index (χ3n) is 4.54. The molecule has 1 aromatic carbocycles. The second-order valence-electron chi connectivity index (χ2n) is 6.32. The molecule has 0 unspecified atom stereocenters. The molecule has 0 aliphatic carbocycles. The molecule has 0 N–H and O–H groups in total. The quantitative estimate of drug-likeness (QED) is 0.858. The van der Waals surface area contributed by atoms with E-state index in [0.717, 1.165) is 36.3 Å². The van der Waals surface area contributed by atoms with Gasteiger partial charge in [-0.1, -0.05) is 19.9 Å². The molecule has 0 atom stereocenters. The average Bonchev–Trinajstić information content (AvgIpc) is 2.45. The summed E-state index contributed by atoms with van der Waals surface area (Å²) in [4.78, 5) is 2.36. The highest BCUT2D eigenvalue weighted by atomic mass is 32.2. The predicted molar refractivity (Wildman–Crippen MR) is 89.5 cm³/mol. The van der Waals surface area contributed by atoms with Crippen LogP contribution in [0.5, 0.6) is 0 Å². The van der Waals surface area contributed by atoms with E-state index in [9.17, 15) is 8.42 Å². The van der Waals surface area contributed by atoms with Crippen LogP contribution in [0.2, 0.25) is 0 Å². The summed E-state index contributed by atoms with van der Waals surface area (Å²) in [7, 11) is -1.61. The van der Waals surface area contributed by atoms with Gasteiger partial charge in [-0.05, 0) is 42.9 Å². The van der Waals surface area contributed by atoms with E-state index in [2.05, 4.69) is 24.8 Å². The molecule has 0 aromatic heterocycles. The molecule has 2 rings (SSSR count). The minimum Gasteiger partial charge on any atom is -0.371 e. The Kier molecular flexibility index (Phi) is 4.81. The van der Waals surface area contributed by atoms with Gasteiger partial charge in [0.25, 0.3) is 0 Å². The van der Waals surface area contributed by atoms with E-state index in [-0.39, 0.29) is 0 Å². The molecule has 0 spiro atoms. The third kappa shape index (κ3) is 3.90. The fourth-order valence-corrected chi connectivity index (χ4v) is 3.40. The van der Waals surface area contributed by atoms with Crippen molar-refractivity contribution in [3.63, 3.8) is 0 Å². The lowest BCUT2D eigenvalue weighted by Crippen LogP contribution is -2.35. The number of piperidine rings is 1. The van der Waals surface area contributed by atoms with Crippen LogP contribution in [-0.2, 0) is 10.0 Å². The van der Waals surface area contributed by atoms with Crippen molar-refractivity contribution in [2.24, 2.45) is 11.8 Å². The van der Waals surface area contributed by atoms with Gasteiger partial charge in [0.1, 0.15) is 0 Å². The Labute approximate surface area is 128 Å². The molecule has 5 heteroatoms. The highest BCUT2D eigenvalue weighted by Gasteiger charge is 2.22. The molecule has 1 saturated heterocycles. The zero-order valence-electron chi connectivity index (χ0n) is 13.4. The molecule has 0 saturated carbocycles. The van der Waals surface area contributed by atoms with Gasteiger partial charge in [0.05, 0.1) is 11.9 Å². The summed E-state index contributed by atoms with van der Waals surface area (Å²) >= 11 is 0. The Hall–Kier alpha value is -1.23. The van der Waals surface area contributed by atoms with Crippen LogP contribution in [0.1, 0.15) is 26.7 Å². The molecule has 1 fully saturated rings. The minimum absolute atomic E-state index is 0.723. The topological polar surface area (TPSA) is 40.6 Å². The number of sulfonamides is 1. The lowest BCUT2D eigenvalue weighted by Gasteiger charge is -2.35. The molecule has 0 radical (unpaired) electrons. The highest BCUT2D eigenvalue weighted by molar-refractivity contribution is 7.92. The first-order chi connectivity index (χ1) is 9.79. The van der Waals surface area contributed by atoms with Crippen LogP contribution in [-0.4, -0.2) is 34.8 Å². The molecule has 118 valence electrons. The number of benzene rings is 1. The van der Waals surface area contributed by atoms with Gasteiger partial charge in [-0.15, -0.1) is 0 Å². The van der Waals surface area contributed by atoms with Gasteiger partial charge in [-0.3, -0.25) is 4.31 Å². The van der Waals surface area contributed by atoms with Gasteiger partial charge >= 0.3 is 0 Å². The Bertz CT molecular complexity index is 576. The van der Waals surface area contributed by atoms with Crippen LogP contribution >= 0.6 is 0 Å². The van der Waals surface area contributed by atoms with Crippen molar-refractivity contribution < 1.29 is 8.42 Å². The van der Waals surface area contributed by atoms with Crippen molar-refractivity contribution in [2.75, 3.05) is 35.6 Å². The average molecular weight is 310 g/mol. The second-order valence-corrected chi connectivity index (χ2v) is 8.33. The summed E-state index contributed by atoms with van der Waals surface area (Å²) in [5, 5.41) is 0. The van der Waals surface area contributed by atoms with Crippen LogP contribution in [0.15, 0.2) is 24.3 Å². The van der Waals surface area contributed by atoms with Crippen LogP contribution in [0.3, 0.4) is 0 Å². The summed E-state index contributed by atoms with van der Waals surface area (Å²) in [6, 6.07) is 7.80. The number of rotatable bonds is 4. The number of hydrogen-bond donors (Lipinski definition) is 0. The molecule has 4 nitrogen and oxygen atoms in total. The van der Waals surface area contributed by atoms with E-state index < -0.39 is 10.0 Å². The highest BCUT2D eigenvalue weighted by Crippen LogP contribution is 2.29. The fraction of sp³-hybridized carbons (Fsp3) is 0.625. The Morgan fingerprint density at radius 3 is 2.38 bits per heavy atom. The number of nitrogens with zero attached hydrogens (tertiary/aromatic N) is 2. The third-order valence-corrected chi connectivity index (χ3v) is 5.74. The van der Waals surface area contributed by atoms with Crippen molar-refractivity contribution in [2.45, 2.75) is 26.7 Å². The van der Waals surface area contributed by atoms with E-state index in [1.165, 1.54) is 23.4 Å². The first-order valence-corrected chi connectivity index (χ1v) is 9.43. The maximum atomic E-state index is 11.6. The SMILES string of the molecule is CC(C)C1CCN(c2cccc(N(C)S(C)(=O)=O)c2)CC1. The minimum atomic E-state index is -3.21. The summed E-state index contributed by atoms with van der Waals surface area (Å²) in [5.41, 5.74) is 1.84. The summed E-state index contributed by atoms with van der Waals surface area (Å²) in [5.74, 6) is 1.55. The molecule has 0 bridgehead atoms. The second kappa shape index (κ2) is 6.26. The fourth-order valence-electron chi connectivity index (χ4n) is 2.90. The van der Waals surface area contributed by atoms with Crippen LogP contribution in [0.25, 0.3) is 0 Å². The van der Waals surface area contributed by atoms with E-state index >= 15 is 0 Å². The molecule has 21 heavy (non-hydrogen) atoms. The Morgan fingerprint density at radius 2 is 1.86 bits per heavy atom. The first kappa shape index (κ1) is 16.1. The molecule has 1 heterocycles. The van der Waals surface area contributed by atoms with Gasteiger partial charge in [-0.25, -0.2) is 8.42 Å². The molecule has 1 aliphatic rings. The lowest BCUT2D eigenvalue weighted by molar-refractivity contribution is 0.311. The van der Waals surface area contributed by atoms with E-state index in [4.69, 9.17) is 0 Å². The monoisotopic (exact) mass is 310 g/mol. The molecule has 0 amide bonds. The van der Waals surface area contributed by atoms with E-state index in [1.54, 1.807) is 7.05 Å². The zero-order chi connectivity index (χ0) is 15.6. The van der Waals surface area contributed by atoms with Crippen molar-refractivity contribution >= 4 is 21.4 Å². The molecular formula is C16H26N2O2S.